The van der Waals surface area contributed by atoms with E-state index < -0.39 is 23.8 Å². The predicted octanol–water partition coefficient (Wildman–Crippen LogP) is 3.50. The topological polar surface area (TPSA) is 105 Å². The third-order valence-electron chi connectivity index (χ3n) is 3.82. The molecular formula is C19H18FN5O3S. The van der Waals surface area contributed by atoms with Gasteiger partial charge >= 0.3 is 6.03 Å². The summed E-state index contributed by atoms with van der Waals surface area (Å²) in [6.45, 7) is 1.52. The van der Waals surface area contributed by atoms with Gasteiger partial charge in [-0.1, -0.05) is 17.4 Å². The Morgan fingerprint density at radius 2 is 1.86 bits per heavy atom. The second kappa shape index (κ2) is 9.11. The minimum Gasteiger partial charge on any atom is -0.497 e. The SMILES string of the molecule is COc1ccc(-c2nnc(NC(=O)C(C)NC(=O)Nc3cccc(F)c3)s2)cc1. The van der Waals surface area contributed by atoms with Crippen LogP contribution in [0.15, 0.2) is 48.5 Å². The number of carbonyl (C=O) groups is 2. The van der Waals surface area contributed by atoms with Crippen LogP contribution in [0.25, 0.3) is 10.6 Å². The maximum atomic E-state index is 13.2. The fourth-order valence-corrected chi connectivity index (χ4v) is 3.09. The number of halogens is 1. The van der Waals surface area contributed by atoms with E-state index >= 15 is 0 Å². The zero-order chi connectivity index (χ0) is 20.8. The average Bonchev–Trinajstić information content (AvgIpc) is 3.16. The molecular weight excluding hydrogens is 397 g/mol. The lowest BCUT2D eigenvalue weighted by Crippen LogP contribution is -2.43. The fraction of sp³-hybridized carbons (Fsp3) is 0.158. The Morgan fingerprint density at radius 3 is 2.55 bits per heavy atom. The number of hydrogen-bond acceptors (Lipinski definition) is 6. The highest BCUT2D eigenvalue weighted by molar-refractivity contribution is 7.18. The van der Waals surface area contributed by atoms with Crippen LogP contribution in [-0.2, 0) is 4.79 Å². The third kappa shape index (κ3) is 5.48. The van der Waals surface area contributed by atoms with Crippen molar-refractivity contribution in [3.63, 3.8) is 0 Å². The Kier molecular flexibility index (Phi) is 6.35. The van der Waals surface area contributed by atoms with Gasteiger partial charge in [0.15, 0.2) is 0 Å². The van der Waals surface area contributed by atoms with E-state index in [4.69, 9.17) is 4.74 Å². The fourth-order valence-electron chi connectivity index (χ4n) is 2.33. The molecule has 0 saturated heterocycles. The van der Waals surface area contributed by atoms with Crippen molar-refractivity contribution < 1.29 is 18.7 Å². The summed E-state index contributed by atoms with van der Waals surface area (Å²) in [5, 5.41) is 16.5. The van der Waals surface area contributed by atoms with E-state index in [0.29, 0.717) is 10.1 Å². The van der Waals surface area contributed by atoms with Gasteiger partial charge in [0.25, 0.3) is 0 Å². The molecule has 2 aromatic carbocycles. The quantitative estimate of drug-likeness (QED) is 0.571. The Morgan fingerprint density at radius 1 is 1.10 bits per heavy atom. The lowest BCUT2D eigenvalue weighted by Gasteiger charge is -2.13. The van der Waals surface area contributed by atoms with Gasteiger partial charge in [0.05, 0.1) is 7.11 Å². The molecule has 29 heavy (non-hydrogen) atoms. The number of hydrogen-bond donors (Lipinski definition) is 3. The van der Waals surface area contributed by atoms with E-state index in [1.807, 2.05) is 12.1 Å². The molecule has 0 aliphatic carbocycles. The van der Waals surface area contributed by atoms with E-state index in [-0.39, 0.29) is 5.69 Å². The summed E-state index contributed by atoms with van der Waals surface area (Å²) in [6, 6.07) is 11.3. The van der Waals surface area contributed by atoms with Crippen molar-refractivity contribution in [3.8, 4) is 16.3 Å². The first kappa shape index (κ1) is 20.2. The molecule has 3 aromatic rings. The maximum Gasteiger partial charge on any atom is 0.319 e. The summed E-state index contributed by atoms with van der Waals surface area (Å²) in [5.74, 6) is -0.211. The molecule has 1 aromatic heterocycles. The van der Waals surface area contributed by atoms with Gasteiger partial charge in [0, 0.05) is 11.3 Å². The first-order chi connectivity index (χ1) is 13.9. The number of aromatic nitrogens is 2. The lowest BCUT2D eigenvalue weighted by atomic mass is 10.2. The highest BCUT2D eigenvalue weighted by Crippen LogP contribution is 2.27. The smallest absolute Gasteiger partial charge is 0.319 e. The normalized spacial score (nSPS) is 11.4. The third-order valence-corrected chi connectivity index (χ3v) is 4.70. The van der Waals surface area contributed by atoms with Crippen molar-refractivity contribution in [3.05, 3.63) is 54.3 Å². The van der Waals surface area contributed by atoms with Gasteiger partial charge < -0.3 is 15.4 Å². The summed E-state index contributed by atoms with van der Waals surface area (Å²) in [5.41, 5.74) is 1.12. The van der Waals surface area contributed by atoms with Crippen LogP contribution in [0.2, 0.25) is 0 Å². The van der Waals surface area contributed by atoms with Crippen LogP contribution in [0.4, 0.5) is 20.0 Å². The molecule has 0 spiro atoms. The van der Waals surface area contributed by atoms with Crippen molar-refractivity contribution in [2.75, 3.05) is 17.7 Å². The van der Waals surface area contributed by atoms with Crippen LogP contribution >= 0.6 is 11.3 Å². The van der Waals surface area contributed by atoms with Gasteiger partial charge in [0.1, 0.15) is 22.6 Å². The van der Waals surface area contributed by atoms with Crippen molar-refractivity contribution in [1.29, 1.82) is 0 Å². The molecule has 0 bridgehead atoms. The molecule has 1 heterocycles. The molecule has 0 aliphatic rings. The van der Waals surface area contributed by atoms with Crippen LogP contribution < -0.4 is 20.7 Å². The second-order valence-electron chi connectivity index (χ2n) is 5.96. The van der Waals surface area contributed by atoms with Gasteiger partial charge in [-0.25, -0.2) is 9.18 Å². The van der Waals surface area contributed by atoms with Crippen LogP contribution in [-0.4, -0.2) is 35.3 Å². The van der Waals surface area contributed by atoms with Gasteiger partial charge in [-0.2, -0.15) is 0 Å². The predicted molar refractivity (Wildman–Crippen MR) is 109 cm³/mol. The van der Waals surface area contributed by atoms with E-state index in [1.165, 1.54) is 42.5 Å². The number of nitrogens with one attached hydrogen (secondary N) is 3. The molecule has 0 fully saturated rings. The highest BCUT2D eigenvalue weighted by Gasteiger charge is 2.18. The number of rotatable bonds is 6. The Bertz CT molecular complexity index is 1010. The molecule has 0 saturated carbocycles. The van der Waals surface area contributed by atoms with Crippen LogP contribution in [0.5, 0.6) is 5.75 Å². The Labute approximate surface area is 170 Å². The summed E-state index contributed by atoms with van der Waals surface area (Å²) in [6.07, 6.45) is 0. The summed E-state index contributed by atoms with van der Waals surface area (Å²) in [7, 11) is 1.58. The van der Waals surface area contributed by atoms with Gasteiger partial charge in [-0.15, -0.1) is 10.2 Å². The molecule has 3 amide bonds. The zero-order valence-electron chi connectivity index (χ0n) is 15.6. The van der Waals surface area contributed by atoms with E-state index in [0.717, 1.165) is 11.3 Å². The summed E-state index contributed by atoms with van der Waals surface area (Å²) in [4.78, 5) is 24.3. The molecule has 1 atom stereocenters. The first-order valence-electron chi connectivity index (χ1n) is 8.56. The standard InChI is InChI=1S/C19H18FN5O3S/c1-11(21-18(27)22-14-5-3-4-13(20)10-14)16(26)23-19-25-24-17(29-19)12-6-8-15(28-2)9-7-12/h3-11H,1-2H3,(H2,21,22,27)(H,23,25,26). The van der Waals surface area contributed by atoms with E-state index in [1.54, 1.807) is 19.2 Å². The van der Waals surface area contributed by atoms with Gasteiger partial charge in [-0.05, 0) is 49.4 Å². The minimum atomic E-state index is -0.850. The lowest BCUT2D eigenvalue weighted by molar-refractivity contribution is -0.117. The molecule has 10 heteroatoms. The van der Waals surface area contributed by atoms with Gasteiger partial charge in [-0.3, -0.25) is 10.1 Å². The number of urea groups is 1. The zero-order valence-corrected chi connectivity index (χ0v) is 16.4. The second-order valence-corrected chi connectivity index (χ2v) is 6.94. The van der Waals surface area contributed by atoms with Crippen molar-refractivity contribution in [1.82, 2.24) is 15.5 Å². The number of benzene rings is 2. The number of anilines is 2. The number of carbonyl (C=O) groups excluding carboxylic acids is 2. The van der Waals surface area contributed by atoms with Crippen molar-refractivity contribution in [2.45, 2.75) is 13.0 Å². The van der Waals surface area contributed by atoms with Crippen LogP contribution in [0.3, 0.4) is 0 Å². The molecule has 3 N–H and O–H groups in total. The van der Waals surface area contributed by atoms with Crippen molar-refractivity contribution in [2.24, 2.45) is 0 Å². The molecule has 1 unspecified atom stereocenters. The number of amides is 3. The summed E-state index contributed by atoms with van der Waals surface area (Å²) < 4.78 is 18.3. The van der Waals surface area contributed by atoms with Crippen LogP contribution in [0.1, 0.15) is 6.92 Å². The van der Waals surface area contributed by atoms with Crippen LogP contribution in [0, 0.1) is 5.82 Å². The first-order valence-corrected chi connectivity index (χ1v) is 9.38. The molecule has 0 radical (unpaired) electrons. The number of ether oxygens (including phenoxy) is 1. The Balaban J connectivity index is 1.55. The highest BCUT2D eigenvalue weighted by atomic mass is 32.1. The summed E-state index contributed by atoms with van der Waals surface area (Å²) >= 11 is 1.20. The monoisotopic (exact) mass is 415 g/mol. The largest absolute Gasteiger partial charge is 0.497 e. The molecule has 8 nitrogen and oxygen atoms in total. The molecule has 0 aliphatic heterocycles. The van der Waals surface area contributed by atoms with Gasteiger partial charge in [0.2, 0.25) is 11.0 Å². The van der Waals surface area contributed by atoms with E-state index in [2.05, 4.69) is 26.1 Å². The average molecular weight is 415 g/mol. The molecule has 150 valence electrons. The minimum absolute atomic E-state index is 0.281. The van der Waals surface area contributed by atoms with E-state index in [9.17, 15) is 14.0 Å². The molecule has 3 rings (SSSR count). The Hall–Kier alpha value is -3.53. The number of methoxy groups -OCH3 is 1. The number of nitrogens with zero attached hydrogens (tertiary/aromatic N) is 2. The maximum absolute atomic E-state index is 13.2. The van der Waals surface area contributed by atoms with Crippen molar-refractivity contribution >= 4 is 34.1 Å².